The Labute approximate surface area is 159 Å². The van der Waals surface area contributed by atoms with E-state index >= 15 is 0 Å². The predicted molar refractivity (Wildman–Crippen MR) is 105 cm³/mol. The van der Waals surface area contributed by atoms with Crippen molar-refractivity contribution in [1.82, 2.24) is 9.80 Å². The lowest BCUT2D eigenvalue weighted by Crippen LogP contribution is -2.53. The van der Waals surface area contributed by atoms with Gasteiger partial charge in [-0.2, -0.15) is 0 Å². The molecule has 0 aromatic rings. The zero-order valence-corrected chi connectivity index (χ0v) is 17.7. The van der Waals surface area contributed by atoms with Gasteiger partial charge in [0.1, 0.15) is 5.78 Å². The number of amides is 1. The van der Waals surface area contributed by atoms with Gasteiger partial charge in [-0.05, 0) is 72.4 Å². The van der Waals surface area contributed by atoms with Crippen molar-refractivity contribution in [3.8, 4) is 0 Å². The number of ketones is 1. The smallest absolute Gasteiger partial charge is 0.226 e. The minimum absolute atomic E-state index is 0.152. The van der Waals surface area contributed by atoms with Crippen molar-refractivity contribution in [2.45, 2.75) is 97.7 Å². The largest absolute Gasteiger partial charge is 0.336 e. The van der Waals surface area contributed by atoms with E-state index in [0.29, 0.717) is 23.8 Å². The van der Waals surface area contributed by atoms with E-state index in [9.17, 15) is 9.59 Å². The normalized spacial score (nSPS) is 31.3. The summed E-state index contributed by atoms with van der Waals surface area (Å²) in [7, 11) is 0. The van der Waals surface area contributed by atoms with Gasteiger partial charge in [-0.25, -0.2) is 0 Å². The molecule has 26 heavy (non-hydrogen) atoms. The molecule has 3 fully saturated rings. The number of hydrogen-bond donors (Lipinski definition) is 0. The van der Waals surface area contributed by atoms with E-state index in [-0.39, 0.29) is 22.8 Å². The summed E-state index contributed by atoms with van der Waals surface area (Å²) in [5.41, 5.74) is -0.0746. The molecule has 0 aliphatic carbocycles. The molecule has 2 unspecified atom stereocenters. The molecular weight excluding hydrogens is 324 g/mol. The standard InChI is InChI=1S/C22H38N2O2/c1-21(2,3)19(25)16-13-17-7-8-18(14-16)24(17)20(26)15-9-11-23(12-10-15)22(4,5)6/h15-18H,7-14H2,1-6H3. The van der Waals surface area contributed by atoms with E-state index < -0.39 is 0 Å². The molecule has 148 valence electrons. The molecule has 2 bridgehead atoms. The average molecular weight is 363 g/mol. The first kappa shape index (κ1) is 19.9. The number of Topliss-reactive ketones (excluding diaryl/α,β-unsaturated/α-hetero) is 1. The molecule has 3 aliphatic rings. The minimum Gasteiger partial charge on any atom is -0.336 e. The van der Waals surface area contributed by atoms with Crippen LogP contribution in [0.2, 0.25) is 0 Å². The summed E-state index contributed by atoms with van der Waals surface area (Å²) in [4.78, 5) is 30.7. The fraction of sp³-hybridized carbons (Fsp3) is 0.909. The number of fused-ring (bicyclic) bond motifs is 2. The maximum absolute atomic E-state index is 13.3. The number of rotatable bonds is 2. The van der Waals surface area contributed by atoms with Gasteiger partial charge in [0.15, 0.2) is 0 Å². The molecule has 2 atom stereocenters. The Balaban J connectivity index is 1.62. The highest BCUT2D eigenvalue weighted by Gasteiger charge is 2.48. The molecule has 4 heteroatoms. The summed E-state index contributed by atoms with van der Waals surface area (Å²) in [5, 5.41) is 0. The second kappa shape index (κ2) is 6.92. The minimum atomic E-state index is -0.268. The summed E-state index contributed by atoms with van der Waals surface area (Å²) in [6.45, 7) is 14.9. The van der Waals surface area contributed by atoms with Crippen LogP contribution in [0.25, 0.3) is 0 Å². The van der Waals surface area contributed by atoms with Crippen molar-refractivity contribution in [3.05, 3.63) is 0 Å². The molecule has 0 spiro atoms. The monoisotopic (exact) mass is 362 g/mol. The lowest BCUT2D eigenvalue weighted by molar-refractivity contribution is -0.146. The van der Waals surface area contributed by atoms with Gasteiger partial charge in [0.05, 0.1) is 0 Å². The first-order valence-corrected chi connectivity index (χ1v) is 10.6. The van der Waals surface area contributed by atoms with Crippen LogP contribution in [0.5, 0.6) is 0 Å². The fourth-order valence-electron chi connectivity index (χ4n) is 5.37. The number of hydrogen-bond acceptors (Lipinski definition) is 3. The van der Waals surface area contributed by atoms with E-state index in [1.807, 2.05) is 20.8 Å². The van der Waals surface area contributed by atoms with E-state index in [1.165, 1.54) is 0 Å². The molecular formula is C22H38N2O2. The molecule has 3 rings (SSSR count). The third-order valence-electron chi connectivity index (χ3n) is 6.89. The van der Waals surface area contributed by atoms with Crippen molar-refractivity contribution in [3.63, 3.8) is 0 Å². The van der Waals surface area contributed by atoms with Crippen LogP contribution in [0.1, 0.15) is 80.1 Å². The Bertz CT molecular complexity index is 535. The molecule has 0 aromatic carbocycles. The lowest BCUT2D eigenvalue weighted by Gasteiger charge is -2.44. The Kier molecular flexibility index (Phi) is 5.29. The third-order valence-corrected chi connectivity index (χ3v) is 6.89. The number of carbonyl (C=O) groups excluding carboxylic acids is 2. The Morgan fingerprint density at radius 1 is 0.769 bits per heavy atom. The van der Waals surface area contributed by atoms with Gasteiger partial charge in [-0.1, -0.05) is 20.8 Å². The molecule has 3 heterocycles. The first-order chi connectivity index (χ1) is 12.0. The zero-order chi connectivity index (χ0) is 19.3. The van der Waals surface area contributed by atoms with Gasteiger partial charge in [-0.15, -0.1) is 0 Å². The molecule has 0 radical (unpaired) electrons. The van der Waals surface area contributed by atoms with Crippen molar-refractivity contribution in [1.29, 1.82) is 0 Å². The van der Waals surface area contributed by atoms with Gasteiger partial charge in [-0.3, -0.25) is 14.5 Å². The van der Waals surface area contributed by atoms with E-state index in [4.69, 9.17) is 0 Å². The molecule has 3 aliphatic heterocycles. The Hall–Kier alpha value is -0.900. The van der Waals surface area contributed by atoms with Crippen molar-refractivity contribution >= 4 is 11.7 Å². The maximum Gasteiger partial charge on any atom is 0.226 e. The fourth-order valence-corrected chi connectivity index (χ4v) is 5.37. The average Bonchev–Trinajstić information content (AvgIpc) is 2.81. The Morgan fingerprint density at radius 2 is 1.27 bits per heavy atom. The highest BCUT2D eigenvalue weighted by atomic mass is 16.2. The number of carbonyl (C=O) groups is 2. The summed E-state index contributed by atoms with van der Waals surface area (Å²) < 4.78 is 0. The lowest BCUT2D eigenvalue weighted by atomic mass is 9.76. The summed E-state index contributed by atoms with van der Waals surface area (Å²) in [6, 6.07) is 0.608. The van der Waals surface area contributed by atoms with Crippen LogP contribution in [0.4, 0.5) is 0 Å². The highest BCUT2D eigenvalue weighted by molar-refractivity contribution is 5.87. The number of likely N-dealkylation sites (tertiary alicyclic amines) is 1. The van der Waals surface area contributed by atoms with Crippen LogP contribution in [-0.2, 0) is 9.59 Å². The van der Waals surface area contributed by atoms with Crippen LogP contribution in [0, 0.1) is 17.3 Å². The van der Waals surface area contributed by atoms with Gasteiger partial charge in [0.25, 0.3) is 0 Å². The van der Waals surface area contributed by atoms with Crippen molar-refractivity contribution in [2.24, 2.45) is 17.3 Å². The molecule has 0 aromatic heterocycles. The van der Waals surface area contributed by atoms with Crippen LogP contribution < -0.4 is 0 Å². The number of nitrogens with zero attached hydrogens (tertiary/aromatic N) is 2. The zero-order valence-electron chi connectivity index (χ0n) is 17.7. The SMILES string of the molecule is CC(C)(C)C(=O)C1CC2CCC(C1)N2C(=O)C1CCN(C(C)(C)C)CC1. The quantitative estimate of drug-likeness (QED) is 0.748. The van der Waals surface area contributed by atoms with Crippen molar-refractivity contribution < 1.29 is 9.59 Å². The van der Waals surface area contributed by atoms with E-state index in [0.717, 1.165) is 51.6 Å². The highest BCUT2D eigenvalue weighted by Crippen LogP contribution is 2.42. The first-order valence-electron chi connectivity index (χ1n) is 10.6. The van der Waals surface area contributed by atoms with Gasteiger partial charge >= 0.3 is 0 Å². The molecule has 0 N–H and O–H groups in total. The van der Waals surface area contributed by atoms with Crippen molar-refractivity contribution in [2.75, 3.05) is 13.1 Å². The van der Waals surface area contributed by atoms with Gasteiger partial charge < -0.3 is 4.90 Å². The predicted octanol–water partition coefficient (Wildman–Crippen LogP) is 3.88. The van der Waals surface area contributed by atoms with Gasteiger partial charge in [0, 0.05) is 34.9 Å². The molecule has 4 nitrogen and oxygen atoms in total. The topological polar surface area (TPSA) is 40.6 Å². The summed E-state index contributed by atoms with van der Waals surface area (Å²) >= 11 is 0. The molecule has 3 saturated heterocycles. The summed E-state index contributed by atoms with van der Waals surface area (Å²) in [5.74, 6) is 1.11. The van der Waals surface area contributed by atoms with Crippen LogP contribution in [-0.4, -0.2) is 52.2 Å². The second-order valence-electron chi connectivity index (χ2n) is 10.8. The van der Waals surface area contributed by atoms with E-state index in [2.05, 4.69) is 30.6 Å². The van der Waals surface area contributed by atoms with Crippen LogP contribution >= 0.6 is 0 Å². The van der Waals surface area contributed by atoms with Gasteiger partial charge in [0.2, 0.25) is 5.91 Å². The molecule has 0 saturated carbocycles. The Morgan fingerprint density at radius 3 is 1.69 bits per heavy atom. The molecule has 1 amide bonds. The maximum atomic E-state index is 13.3. The third kappa shape index (κ3) is 3.85. The van der Waals surface area contributed by atoms with E-state index in [1.54, 1.807) is 0 Å². The second-order valence-corrected chi connectivity index (χ2v) is 10.8. The number of piperidine rings is 2. The van der Waals surface area contributed by atoms with Crippen LogP contribution in [0.15, 0.2) is 0 Å². The summed E-state index contributed by atoms with van der Waals surface area (Å²) in [6.07, 6.45) is 5.92. The van der Waals surface area contributed by atoms with Crippen LogP contribution in [0.3, 0.4) is 0 Å².